The van der Waals surface area contributed by atoms with Gasteiger partial charge in [0, 0.05) is 7.05 Å². The van der Waals surface area contributed by atoms with Crippen LogP contribution in [-0.2, 0) is 0 Å². The maximum atomic E-state index is 8.35. The number of nitriles is 1. The Hall–Kier alpha value is -1.89. The lowest BCUT2D eigenvalue weighted by Crippen LogP contribution is -2.10. The Bertz CT molecular complexity index is 326. The number of nitrogens with zero attached hydrogens (tertiary/aromatic N) is 4. The summed E-state index contributed by atoms with van der Waals surface area (Å²) in [6.45, 7) is 0.604. The van der Waals surface area contributed by atoms with E-state index in [2.05, 4.69) is 16.4 Å². The molecule has 0 heterocycles. The van der Waals surface area contributed by atoms with Crippen LogP contribution in [-0.4, -0.2) is 18.6 Å². The van der Waals surface area contributed by atoms with Gasteiger partial charge < -0.3 is 0 Å². The van der Waals surface area contributed by atoms with E-state index in [0.717, 1.165) is 5.69 Å². The molecule has 0 N–H and O–H groups in total. The molecular formula is C10H12N4. The molecule has 4 heteroatoms. The summed E-state index contributed by atoms with van der Waals surface area (Å²) < 4.78 is 0. The molecule has 4 nitrogen and oxygen atoms in total. The van der Waals surface area contributed by atoms with Crippen molar-refractivity contribution >= 4 is 5.69 Å². The molecule has 0 aliphatic carbocycles. The third-order valence-corrected chi connectivity index (χ3v) is 1.62. The topological polar surface area (TPSA) is 51.8 Å². The quantitative estimate of drug-likeness (QED) is 0.538. The van der Waals surface area contributed by atoms with E-state index in [1.807, 2.05) is 30.3 Å². The van der Waals surface area contributed by atoms with Gasteiger partial charge in [0.25, 0.3) is 0 Å². The fourth-order valence-corrected chi connectivity index (χ4v) is 0.879. The molecule has 1 aromatic carbocycles. The van der Waals surface area contributed by atoms with Crippen LogP contribution in [0.2, 0.25) is 0 Å². The number of rotatable bonds is 4. The molecule has 1 rings (SSSR count). The molecule has 0 amide bonds. The van der Waals surface area contributed by atoms with Crippen molar-refractivity contribution in [3.05, 3.63) is 30.3 Å². The first kappa shape index (κ1) is 10.2. The van der Waals surface area contributed by atoms with Crippen LogP contribution >= 0.6 is 0 Å². The second-order valence-electron chi connectivity index (χ2n) is 2.81. The lowest BCUT2D eigenvalue weighted by atomic mass is 10.3. The van der Waals surface area contributed by atoms with Gasteiger partial charge in [-0.2, -0.15) is 5.26 Å². The van der Waals surface area contributed by atoms with Crippen molar-refractivity contribution in [3.63, 3.8) is 0 Å². The molecule has 0 unspecified atom stereocenters. The largest absolute Gasteiger partial charge is 0.280 e. The van der Waals surface area contributed by atoms with Crippen LogP contribution in [0.15, 0.2) is 40.7 Å². The Balaban J connectivity index is 2.44. The van der Waals surface area contributed by atoms with Crippen molar-refractivity contribution < 1.29 is 0 Å². The van der Waals surface area contributed by atoms with E-state index in [1.165, 1.54) is 0 Å². The fourth-order valence-electron chi connectivity index (χ4n) is 0.879. The van der Waals surface area contributed by atoms with E-state index in [4.69, 9.17) is 5.26 Å². The van der Waals surface area contributed by atoms with E-state index in [9.17, 15) is 0 Å². The molecule has 0 spiro atoms. The minimum absolute atomic E-state index is 0.463. The zero-order valence-corrected chi connectivity index (χ0v) is 8.09. The van der Waals surface area contributed by atoms with Gasteiger partial charge in [-0.1, -0.05) is 23.4 Å². The molecule has 0 atom stereocenters. The zero-order valence-electron chi connectivity index (χ0n) is 8.09. The summed E-state index contributed by atoms with van der Waals surface area (Å²) in [6.07, 6.45) is 0.463. The Morgan fingerprint density at radius 3 is 2.71 bits per heavy atom. The molecule has 0 fully saturated rings. The van der Waals surface area contributed by atoms with Gasteiger partial charge in [0.2, 0.25) is 0 Å². The van der Waals surface area contributed by atoms with Gasteiger partial charge in [0.1, 0.15) is 0 Å². The first-order valence-electron chi connectivity index (χ1n) is 4.37. The summed E-state index contributed by atoms with van der Waals surface area (Å²) in [6, 6.07) is 11.5. The minimum atomic E-state index is 0.463. The molecule has 0 bridgehead atoms. The van der Waals surface area contributed by atoms with Crippen molar-refractivity contribution in [3.8, 4) is 6.07 Å². The highest BCUT2D eigenvalue weighted by atomic mass is 15.5. The van der Waals surface area contributed by atoms with Crippen LogP contribution < -0.4 is 0 Å². The highest BCUT2D eigenvalue weighted by Crippen LogP contribution is 2.10. The van der Waals surface area contributed by atoms with Gasteiger partial charge in [-0.05, 0) is 12.1 Å². The SMILES string of the molecule is CN(CCC#N)N=Nc1ccccc1. The van der Waals surface area contributed by atoms with Gasteiger partial charge >= 0.3 is 0 Å². The van der Waals surface area contributed by atoms with Crippen LogP contribution in [0.4, 0.5) is 5.69 Å². The summed E-state index contributed by atoms with van der Waals surface area (Å²) in [5.74, 6) is 0. The van der Waals surface area contributed by atoms with Crippen molar-refractivity contribution in [2.75, 3.05) is 13.6 Å². The second kappa shape index (κ2) is 5.70. The highest BCUT2D eigenvalue weighted by Gasteiger charge is 1.91. The first-order chi connectivity index (χ1) is 6.83. The van der Waals surface area contributed by atoms with Gasteiger partial charge in [-0.25, -0.2) is 0 Å². The van der Waals surface area contributed by atoms with E-state index in [-0.39, 0.29) is 0 Å². The third kappa shape index (κ3) is 3.68. The maximum absolute atomic E-state index is 8.35. The monoisotopic (exact) mass is 188 g/mol. The van der Waals surface area contributed by atoms with Crippen molar-refractivity contribution in [1.29, 1.82) is 5.26 Å². The summed E-state index contributed by atoms with van der Waals surface area (Å²) in [5.41, 5.74) is 0.816. The molecule has 1 aromatic rings. The predicted molar refractivity (Wildman–Crippen MR) is 53.8 cm³/mol. The molecule has 14 heavy (non-hydrogen) atoms. The number of hydrogen-bond acceptors (Lipinski definition) is 3. The zero-order chi connectivity index (χ0) is 10.2. The minimum Gasteiger partial charge on any atom is -0.280 e. The number of benzene rings is 1. The van der Waals surface area contributed by atoms with Crippen LogP contribution in [0.3, 0.4) is 0 Å². The van der Waals surface area contributed by atoms with Crippen molar-refractivity contribution in [1.82, 2.24) is 5.01 Å². The number of hydrogen-bond donors (Lipinski definition) is 0. The average Bonchev–Trinajstić information content (AvgIpc) is 2.25. The standard InChI is InChI=1S/C10H12N4/c1-14(9-5-8-11)13-12-10-6-3-2-4-7-10/h2-4,6-7H,5,9H2,1H3. The second-order valence-corrected chi connectivity index (χ2v) is 2.81. The maximum Gasteiger partial charge on any atom is 0.0874 e. The molecule has 0 radical (unpaired) electrons. The van der Waals surface area contributed by atoms with Gasteiger partial charge in [0.15, 0.2) is 0 Å². The van der Waals surface area contributed by atoms with E-state index in [1.54, 1.807) is 12.1 Å². The lowest BCUT2D eigenvalue weighted by Gasteiger charge is -2.07. The Labute approximate surface area is 83.5 Å². The van der Waals surface area contributed by atoms with Crippen molar-refractivity contribution in [2.45, 2.75) is 6.42 Å². The normalized spacial score (nSPS) is 10.0. The molecule has 0 aliphatic heterocycles. The Morgan fingerprint density at radius 1 is 1.36 bits per heavy atom. The smallest absolute Gasteiger partial charge is 0.0874 e. The first-order valence-corrected chi connectivity index (χ1v) is 4.37. The Kier molecular flexibility index (Phi) is 4.15. The van der Waals surface area contributed by atoms with Gasteiger partial charge in [-0.15, -0.1) is 5.11 Å². The van der Waals surface area contributed by atoms with E-state index in [0.29, 0.717) is 13.0 Å². The molecular weight excluding hydrogens is 176 g/mol. The molecule has 0 aliphatic rings. The van der Waals surface area contributed by atoms with Gasteiger partial charge in [0.05, 0.1) is 24.7 Å². The Morgan fingerprint density at radius 2 is 2.07 bits per heavy atom. The molecule has 72 valence electrons. The molecule has 0 saturated heterocycles. The lowest BCUT2D eigenvalue weighted by molar-refractivity contribution is 0.340. The summed E-state index contributed by atoms with van der Waals surface area (Å²) in [7, 11) is 1.80. The molecule has 0 saturated carbocycles. The van der Waals surface area contributed by atoms with Crippen LogP contribution in [0.5, 0.6) is 0 Å². The van der Waals surface area contributed by atoms with Gasteiger partial charge in [-0.3, -0.25) is 5.01 Å². The highest BCUT2D eigenvalue weighted by molar-refractivity contribution is 5.34. The average molecular weight is 188 g/mol. The van der Waals surface area contributed by atoms with Crippen LogP contribution in [0.1, 0.15) is 6.42 Å². The summed E-state index contributed by atoms with van der Waals surface area (Å²) in [4.78, 5) is 0. The third-order valence-electron chi connectivity index (χ3n) is 1.62. The molecule has 0 aromatic heterocycles. The van der Waals surface area contributed by atoms with E-state index >= 15 is 0 Å². The van der Waals surface area contributed by atoms with E-state index < -0.39 is 0 Å². The summed E-state index contributed by atoms with van der Waals surface area (Å²) >= 11 is 0. The summed E-state index contributed by atoms with van der Waals surface area (Å²) in [5, 5.41) is 17.9. The van der Waals surface area contributed by atoms with Crippen molar-refractivity contribution in [2.24, 2.45) is 10.3 Å². The van der Waals surface area contributed by atoms with Crippen LogP contribution in [0.25, 0.3) is 0 Å². The fraction of sp³-hybridized carbons (Fsp3) is 0.300. The van der Waals surface area contributed by atoms with Crippen LogP contribution in [0, 0.1) is 11.3 Å². The predicted octanol–water partition coefficient (Wildman–Crippen LogP) is 2.53.